The molecule has 5 aliphatic heterocycles. The van der Waals surface area contributed by atoms with E-state index in [2.05, 4.69) is 20.6 Å². The van der Waals surface area contributed by atoms with E-state index >= 15 is 0 Å². The maximum absolute atomic E-state index is 13.0. The molecule has 0 radical (unpaired) electrons. The molecular weight excluding hydrogens is 598 g/mol. The molecule has 7 N–H and O–H groups in total. The van der Waals surface area contributed by atoms with Crippen LogP contribution in [0.15, 0.2) is 52.4 Å². The summed E-state index contributed by atoms with van der Waals surface area (Å²) in [6, 6.07) is 0. The summed E-state index contributed by atoms with van der Waals surface area (Å²) in [5, 5.41) is 35.5. The normalized spacial score (nSPS) is 30.9. The Balaban J connectivity index is 1.30. The number of benzene rings is 1. The molecule has 5 heterocycles. The van der Waals surface area contributed by atoms with Crippen molar-refractivity contribution < 1.29 is 48.5 Å². The maximum atomic E-state index is 13.0. The van der Waals surface area contributed by atoms with Gasteiger partial charge < -0.3 is 29.2 Å². The third kappa shape index (κ3) is 4.62. The van der Waals surface area contributed by atoms with E-state index in [0.29, 0.717) is 52.6 Å². The predicted molar refractivity (Wildman–Crippen MR) is 162 cm³/mol. The van der Waals surface area contributed by atoms with E-state index in [-0.39, 0.29) is 48.7 Å². The minimum absolute atomic E-state index is 0.0643. The highest BCUT2D eigenvalue weighted by atomic mass is 16.6. The molecule has 15 nitrogen and oxygen atoms in total. The molecule has 0 saturated heterocycles. The number of amides is 1. The van der Waals surface area contributed by atoms with Crippen molar-refractivity contribution in [2.75, 3.05) is 26.9 Å². The van der Waals surface area contributed by atoms with Crippen LogP contribution in [0.1, 0.15) is 42.9 Å². The smallest absolute Gasteiger partial charge is 0.374 e. The predicted octanol–water partition coefficient (Wildman–Crippen LogP) is -2.03. The average Bonchev–Trinajstić information content (AvgIpc) is 3.76. The van der Waals surface area contributed by atoms with E-state index in [1.54, 1.807) is 19.9 Å². The summed E-state index contributed by atoms with van der Waals surface area (Å²) in [5.74, 6) is -0.338. The molecule has 0 bridgehead atoms. The van der Waals surface area contributed by atoms with Gasteiger partial charge in [0.15, 0.2) is 6.67 Å². The van der Waals surface area contributed by atoms with Crippen molar-refractivity contribution in [3.8, 4) is 17.2 Å². The number of quaternary nitrogens is 2. The number of aliphatic hydroxyl groups excluding tert-OH is 1. The highest BCUT2D eigenvalue weighted by molar-refractivity contribution is 6.68. The molecule has 1 aromatic rings. The molecule has 0 spiro atoms. The first-order chi connectivity index (χ1) is 22.2. The quantitative estimate of drug-likeness (QED) is 0.131. The van der Waals surface area contributed by atoms with Gasteiger partial charge in [-0.05, 0) is 38.0 Å². The van der Waals surface area contributed by atoms with Crippen molar-refractivity contribution >= 4 is 35.0 Å². The number of fused-ring (bicyclic) bond motifs is 5. The number of aliphatic imine (C=N–C) groups is 2. The fourth-order valence-electron chi connectivity index (χ4n) is 6.87. The van der Waals surface area contributed by atoms with Gasteiger partial charge in [0.05, 0.1) is 37.7 Å². The first kappa shape index (κ1) is 29.9. The summed E-state index contributed by atoms with van der Waals surface area (Å²) in [5.41, 5.74) is 1.20. The molecule has 240 valence electrons. The van der Waals surface area contributed by atoms with E-state index in [1.807, 2.05) is 30.6 Å². The molecule has 1 aromatic carbocycles. The number of aliphatic hydroxyl groups is 2. The zero-order valence-corrected chi connectivity index (χ0v) is 25.5. The van der Waals surface area contributed by atoms with E-state index in [9.17, 15) is 19.8 Å². The van der Waals surface area contributed by atoms with Crippen molar-refractivity contribution in [1.29, 1.82) is 5.41 Å². The zero-order chi connectivity index (χ0) is 32.3. The number of carbonyl (C=O) groups excluding carboxylic acids is 2. The lowest BCUT2D eigenvalue weighted by molar-refractivity contribution is -1.05. The van der Waals surface area contributed by atoms with Crippen LogP contribution in [0.3, 0.4) is 0 Å². The molecule has 0 fully saturated rings. The summed E-state index contributed by atoms with van der Waals surface area (Å²) >= 11 is 0. The number of hydrogen-bond acceptors (Lipinski definition) is 11. The van der Waals surface area contributed by atoms with Gasteiger partial charge in [-0.25, -0.2) is 14.7 Å². The molecule has 0 saturated carbocycles. The standard InChI is InChI=1S/C31H33N7O8/c1-4-44-28(41)18-12-15(7-10-37-11-9-33-30(37)38-14-34-21-26(38)35-29(32)36-27(21)40)19-22(45-18)17(13-39)23-20(24(19)43-3)16-6-5-8-31(2,42)25(16)46-23/h5-7,9,11-12,16,25,30,33,39,42H,4,8,10,13-14H2,1-3H3,(H2,32,36,40)/p+2/b15-7+/t16-,25-,30?,31+/m0/s1. The third-order valence-electron chi connectivity index (χ3n) is 8.95. The largest absolute Gasteiger partial charge is 0.496 e. The van der Waals surface area contributed by atoms with Crippen LogP contribution in [0, 0.1) is 5.41 Å². The highest BCUT2D eigenvalue weighted by Crippen LogP contribution is 2.58. The van der Waals surface area contributed by atoms with Gasteiger partial charge in [0.2, 0.25) is 17.4 Å². The van der Waals surface area contributed by atoms with Crippen molar-refractivity contribution in [2.45, 2.75) is 50.8 Å². The van der Waals surface area contributed by atoms with Crippen molar-refractivity contribution in [3.05, 3.63) is 59.2 Å². The Hall–Kier alpha value is -4.83. The number of rotatable bonds is 7. The monoisotopic (exact) mass is 633 g/mol. The van der Waals surface area contributed by atoms with Crippen molar-refractivity contribution in [2.24, 2.45) is 9.98 Å². The second-order valence-corrected chi connectivity index (χ2v) is 11.8. The first-order valence-corrected chi connectivity index (χ1v) is 15.0. The van der Waals surface area contributed by atoms with Crippen LogP contribution in [-0.2, 0) is 20.9 Å². The molecule has 7 rings (SSSR count). The molecule has 6 aliphatic rings. The minimum Gasteiger partial charge on any atom is -0.496 e. The molecule has 46 heavy (non-hydrogen) atoms. The van der Waals surface area contributed by atoms with E-state index < -0.39 is 30.2 Å². The Morgan fingerprint density at radius 3 is 2.93 bits per heavy atom. The number of allylic oxidation sites excluding steroid dienone is 2. The average molecular weight is 634 g/mol. The van der Waals surface area contributed by atoms with Crippen molar-refractivity contribution in [3.63, 3.8) is 0 Å². The Bertz CT molecular complexity index is 1740. The number of amidine groups is 1. The Morgan fingerprint density at radius 1 is 1.35 bits per heavy atom. The van der Waals surface area contributed by atoms with E-state index in [4.69, 9.17) is 24.4 Å². The van der Waals surface area contributed by atoms with E-state index in [0.717, 1.165) is 9.80 Å². The fraction of sp³-hybridized carbons (Fsp3) is 0.387. The second kappa shape index (κ2) is 11.2. The van der Waals surface area contributed by atoms with Crippen LogP contribution >= 0.6 is 0 Å². The maximum Gasteiger partial charge on any atom is 0.374 e. The topological polar surface area (TPSA) is 193 Å². The lowest BCUT2D eigenvalue weighted by Crippen LogP contribution is -3.36. The van der Waals surface area contributed by atoms with Crippen LogP contribution in [0.5, 0.6) is 17.2 Å². The SMILES string of the molecule is CCOC(=O)C1=C/C(=C\C[NH+]2C=CNC2[NH+]2CN=C3C(=O)NC(=N)N=C32)c2c(c(CO)c3c(c2OC)[C@@H]2C=CC[C@@](C)(O)[C@H]2O3)O1. The summed E-state index contributed by atoms with van der Waals surface area (Å²) in [7, 11) is 1.54. The minimum atomic E-state index is -1.17. The molecule has 0 aromatic heterocycles. The van der Waals surface area contributed by atoms with Gasteiger partial charge in [-0.2, -0.15) is 9.89 Å². The summed E-state index contributed by atoms with van der Waals surface area (Å²) in [6.45, 7) is 3.76. The number of methoxy groups -OCH3 is 1. The summed E-state index contributed by atoms with van der Waals surface area (Å²) in [4.78, 5) is 35.7. The zero-order valence-electron chi connectivity index (χ0n) is 25.5. The van der Waals surface area contributed by atoms with Crippen molar-refractivity contribution in [1.82, 2.24) is 10.6 Å². The van der Waals surface area contributed by atoms with Gasteiger partial charge >= 0.3 is 12.3 Å². The second-order valence-electron chi connectivity index (χ2n) is 11.8. The van der Waals surface area contributed by atoms with Gasteiger partial charge in [0.1, 0.15) is 41.7 Å². The molecule has 6 atom stereocenters. The number of guanidine groups is 1. The number of hydrogen-bond donors (Lipinski definition) is 7. The number of ether oxygens (including phenoxy) is 4. The summed E-state index contributed by atoms with van der Waals surface area (Å²) in [6.07, 6.45) is 10.6. The van der Waals surface area contributed by atoms with Crippen LogP contribution in [0.4, 0.5) is 0 Å². The van der Waals surface area contributed by atoms with Crippen LogP contribution in [0.2, 0.25) is 0 Å². The Labute approximate surface area is 263 Å². The molecule has 1 aliphatic carbocycles. The molecular formula is C31H35N7O8+2. The lowest BCUT2D eigenvalue weighted by Gasteiger charge is -2.34. The van der Waals surface area contributed by atoms with E-state index in [1.165, 1.54) is 7.11 Å². The van der Waals surface area contributed by atoms with Crippen LogP contribution in [-0.4, -0.2) is 84.5 Å². The van der Waals surface area contributed by atoms with Gasteiger partial charge in [0, 0.05) is 11.5 Å². The van der Waals surface area contributed by atoms with Gasteiger partial charge in [0.25, 0.3) is 11.7 Å². The Kier molecular flexibility index (Phi) is 7.27. The molecule has 15 heteroatoms. The van der Waals surface area contributed by atoms with Gasteiger partial charge in [-0.3, -0.25) is 20.8 Å². The number of carbonyl (C=O) groups is 2. The van der Waals surface area contributed by atoms with Gasteiger partial charge in [-0.15, -0.1) is 0 Å². The third-order valence-corrected chi connectivity index (χ3v) is 8.95. The first-order valence-electron chi connectivity index (χ1n) is 15.0. The highest BCUT2D eigenvalue weighted by Gasteiger charge is 2.51. The van der Waals surface area contributed by atoms with Crippen LogP contribution in [0.25, 0.3) is 5.57 Å². The molecule has 1 amide bonds. The Morgan fingerprint density at radius 2 is 2.17 bits per heavy atom. The molecule has 3 unspecified atom stereocenters. The number of nitrogens with zero attached hydrogens (tertiary/aromatic N) is 2. The number of nitrogens with one attached hydrogen (secondary N) is 5. The summed E-state index contributed by atoms with van der Waals surface area (Å²) < 4.78 is 23.8. The number of esters is 1. The van der Waals surface area contributed by atoms with Gasteiger partial charge in [-0.1, -0.05) is 12.2 Å². The lowest BCUT2D eigenvalue weighted by atomic mass is 9.78. The fourth-order valence-corrected chi connectivity index (χ4v) is 6.87. The van der Waals surface area contributed by atoms with Crippen LogP contribution < -0.4 is 34.6 Å².